The fourth-order valence-corrected chi connectivity index (χ4v) is 1.21. The van der Waals surface area contributed by atoms with E-state index in [-0.39, 0.29) is 0 Å². The largest absolute Gasteiger partial charge is 0.391 e. The zero-order valence-corrected chi connectivity index (χ0v) is 7.53. The topological polar surface area (TPSA) is 72.3 Å². The summed E-state index contributed by atoms with van der Waals surface area (Å²) in [4.78, 5) is 0. The molecule has 0 aliphatic heterocycles. The van der Waals surface area contributed by atoms with Crippen LogP contribution in [0.5, 0.6) is 0 Å². The van der Waals surface area contributed by atoms with E-state index in [0.717, 1.165) is 11.3 Å². The maximum atomic E-state index is 9.25. The predicted molar refractivity (Wildman–Crippen MR) is 44.6 cm³/mol. The SMILES string of the molecule is Cc1noc(C)c1C(N)C(C)O. The van der Waals surface area contributed by atoms with Gasteiger partial charge >= 0.3 is 0 Å². The molecule has 0 aliphatic carbocycles. The van der Waals surface area contributed by atoms with Gasteiger partial charge in [0, 0.05) is 5.56 Å². The molecule has 0 spiro atoms. The number of hydrogen-bond acceptors (Lipinski definition) is 4. The Labute approximate surface area is 71.4 Å². The highest BCUT2D eigenvalue weighted by molar-refractivity contribution is 5.25. The van der Waals surface area contributed by atoms with E-state index >= 15 is 0 Å². The van der Waals surface area contributed by atoms with Crippen LogP contribution in [0.15, 0.2) is 4.52 Å². The average molecular weight is 170 g/mol. The van der Waals surface area contributed by atoms with Gasteiger partial charge in [0.25, 0.3) is 0 Å². The van der Waals surface area contributed by atoms with E-state index < -0.39 is 12.1 Å². The summed E-state index contributed by atoms with van der Waals surface area (Å²) in [6, 6.07) is -0.406. The number of nitrogens with zero attached hydrogens (tertiary/aromatic N) is 1. The molecule has 4 heteroatoms. The third-order valence-corrected chi connectivity index (χ3v) is 1.94. The van der Waals surface area contributed by atoms with Crippen LogP contribution in [0.3, 0.4) is 0 Å². The molecular weight excluding hydrogens is 156 g/mol. The van der Waals surface area contributed by atoms with Crippen LogP contribution in [-0.4, -0.2) is 16.4 Å². The van der Waals surface area contributed by atoms with Crippen molar-refractivity contribution in [3.8, 4) is 0 Å². The van der Waals surface area contributed by atoms with Gasteiger partial charge in [-0.25, -0.2) is 0 Å². The summed E-state index contributed by atoms with van der Waals surface area (Å²) in [6.45, 7) is 5.25. The highest BCUT2D eigenvalue weighted by Crippen LogP contribution is 2.21. The lowest BCUT2D eigenvalue weighted by atomic mass is 10.0. The second kappa shape index (κ2) is 3.25. The summed E-state index contributed by atoms with van der Waals surface area (Å²) < 4.78 is 4.93. The van der Waals surface area contributed by atoms with E-state index in [1.54, 1.807) is 13.8 Å². The van der Waals surface area contributed by atoms with Crippen molar-refractivity contribution in [2.75, 3.05) is 0 Å². The Hall–Kier alpha value is -0.870. The Morgan fingerprint density at radius 3 is 2.42 bits per heavy atom. The second-order valence-corrected chi connectivity index (χ2v) is 3.00. The van der Waals surface area contributed by atoms with Crippen LogP contribution in [0.1, 0.15) is 30.0 Å². The number of rotatable bonds is 2. The van der Waals surface area contributed by atoms with Crippen LogP contribution in [0, 0.1) is 13.8 Å². The Kier molecular flexibility index (Phi) is 2.49. The molecule has 0 aliphatic rings. The van der Waals surface area contributed by atoms with E-state index in [2.05, 4.69) is 5.16 Å². The summed E-state index contributed by atoms with van der Waals surface area (Å²) in [5.74, 6) is 0.681. The number of aromatic nitrogens is 1. The molecule has 68 valence electrons. The molecule has 0 amide bonds. The van der Waals surface area contributed by atoms with Gasteiger partial charge in [0.05, 0.1) is 17.8 Å². The van der Waals surface area contributed by atoms with Crippen molar-refractivity contribution in [2.45, 2.75) is 32.9 Å². The third-order valence-electron chi connectivity index (χ3n) is 1.94. The molecular formula is C8H14N2O2. The van der Waals surface area contributed by atoms with Crippen molar-refractivity contribution in [1.82, 2.24) is 5.16 Å². The van der Waals surface area contributed by atoms with Gasteiger partial charge in [-0.15, -0.1) is 0 Å². The van der Waals surface area contributed by atoms with Gasteiger partial charge in [-0.05, 0) is 20.8 Å². The monoisotopic (exact) mass is 170 g/mol. The van der Waals surface area contributed by atoms with Gasteiger partial charge in [0.2, 0.25) is 0 Å². The summed E-state index contributed by atoms with van der Waals surface area (Å²) in [5.41, 5.74) is 7.29. The Bertz CT molecular complexity index is 249. The maximum absolute atomic E-state index is 9.25. The van der Waals surface area contributed by atoms with Crippen LogP contribution in [0.25, 0.3) is 0 Å². The normalized spacial score (nSPS) is 16.1. The minimum atomic E-state index is -0.582. The molecule has 1 aromatic rings. The van der Waals surface area contributed by atoms with Crippen molar-refractivity contribution in [3.05, 3.63) is 17.0 Å². The summed E-state index contributed by atoms with van der Waals surface area (Å²) >= 11 is 0. The predicted octanol–water partition coefficient (Wildman–Crippen LogP) is 0.672. The minimum absolute atomic E-state index is 0.406. The zero-order chi connectivity index (χ0) is 9.30. The minimum Gasteiger partial charge on any atom is -0.391 e. The van der Waals surface area contributed by atoms with Gasteiger partial charge < -0.3 is 15.4 Å². The molecule has 0 fully saturated rings. The Balaban J connectivity index is 3.00. The number of aliphatic hydroxyl groups excluding tert-OH is 1. The lowest BCUT2D eigenvalue weighted by Crippen LogP contribution is -2.24. The van der Waals surface area contributed by atoms with Gasteiger partial charge in [-0.2, -0.15) is 0 Å². The molecule has 0 saturated heterocycles. The van der Waals surface area contributed by atoms with Crippen LogP contribution in [0.4, 0.5) is 0 Å². The molecule has 12 heavy (non-hydrogen) atoms. The van der Waals surface area contributed by atoms with E-state index in [0.29, 0.717) is 5.76 Å². The molecule has 4 nitrogen and oxygen atoms in total. The first-order valence-electron chi connectivity index (χ1n) is 3.90. The average Bonchev–Trinajstić information content (AvgIpc) is 2.30. The van der Waals surface area contributed by atoms with Gasteiger partial charge in [0.1, 0.15) is 5.76 Å². The number of aryl methyl sites for hydroxylation is 2. The third kappa shape index (κ3) is 1.49. The zero-order valence-electron chi connectivity index (χ0n) is 7.53. The van der Waals surface area contributed by atoms with Crippen molar-refractivity contribution >= 4 is 0 Å². The fraction of sp³-hybridized carbons (Fsp3) is 0.625. The van der Waals surface area contributed by atoms with E-state index in [1.165, 1.54) is 0 Å². The standard InChI is InChI=1S/C8H14N2O2/c1-4-7(6(3)12-10-4)8(9)5(2)11/h5,8,11H,9H2,1-3H3. The van der Waals surface area contributed by atoms with Crippen molar-refractivity contribution in [3.63, 3.8) is 0 Å². The molecule has 3 N–H and O–H groups in total. The fourth-order valence-electron chi connectivity index (χ4n) is 1.21. The van der Waals surface area contributed by atoms with Crippen LogP contribution < -0.4 is 5.73 Å². The molecule has 1 heterocycles. The summed E-state index contributed by atoms with van der Waals surface area (Å²) in [5, 5.41) is 13.0. The molecule has 1 aromatic heterocycles. The van der Waals surface area contributed by atoms with Gasteiger partial charge in [-0.1, -0.05) is 5.16 Å². The van der Waals surface area contributed by atoms with Crippen molar-refractivity contribution < 1.29 is 9.63 Å². The van der Waals surface area contributed by atoms with Crippen molar-refractivity contribution in [1.29, 1.82) is 0 Å². The Morgan fingerprint density at radius 2 is 2.08 bits per heavy atom. The molecule has 0 aromatic carbocycles. The quantitative estimate of drug-likeness (QED) is 0.684. The van der Waals surface area contributed by atoms with E-state index in [9.17, 15) is 5.11 Å². The number of nitrogens with two attached hydrogens (primary N) is 1. The first-order chi connectivity index (χ1) is 5.54. The molecule has 2 unspecified atom stereocenters. The molecule has 1 rings (SSSR count). The molecule has 2 atom stereocenters. The van der Waals surface area contributed by atoms with Gasteiger partial charge in [0.15, 0.2) is 0 Å². The number of aliphatic hydroxyl groups is 1. The van der Waals surface area contributed by atoms with Crippen LogP contribution >= 0.6 is 0 Å². The van der Waals surface area contributed by atoms with Crippen LogP contribution in [0.2, 0.25) is 0 Å². The first kappa shape index (κ1) is 9.22. The van der Waals surface area contributed by atoms with E-state index in [4.69, 9.17) is 10.3 Å². The molecule has 0 bridgehead atoms. The highest BCUT2D eigenvalue weighted by atomic mass is 16.5. The maximum Gasteiger partial charge on any atom is 0.138 e. The molecule has 0 saturated carbocycles. The second-order valence-electron chi connectivity index (χ2n) is 3.00. The first-order valence-corrected chi connectivity index (χ1v) is 3.90. The highest BCUT2D eigenvalue weighted by Gasteiger charge is 2.20. The molecule has 0 radical (unpaired) electrons. The summed E-state index contributed by atoms with van der Waals surface area (Å²) in [7, 11) is 0. The number of hydrogen-bond donors (Lipinski definition) is 2. The van der Waals surface area contributed by atoms with Crippen LogP contribution in [-0.2, 0) is 0 Å². The lowest BCUT2D eigenvalue weighted by molar-refractivity contribution is 0.163. The van der Waals surface area contributed by atoms with E-state index in [1.807, 2.05) is 6.92 Å². The van der Waals surface area contributed by atoms with Gasteiger partial charge in [-0.3, -0.25) is 0 Å². The Morgan fingerprint density at radius 1 is 1.50 bits per heavy atom. The summed E-state index contributed by atoms with van der Waals surface area (Å²) in [6.07, 6.45) is -0.582. The lowest BCUT2D eigenvalue weighted by Gasteiger charge is -2.13. The smallest absolute Gasteiger partial charge is 0.138 e. The van der Waals surface area contributed by atoms with Crippen molar-refractivity contribution in [2.24, 2.45) is 5.73 Å².